The Bertz CT molecular complexity index is 981. The highest BCUT2D eigenvalue weighted by Crippen LogP contribution is 2.31. The van der Waals surface area contributed by atoms with Gasteiger partial charge >= 0.3 is 0 Å². The van der Waals surface area contributed by atoms with Crippen molar-refractivity contribution in [1.82, 2.24) is 24.5 Å². The number of hydrogen-bond acceptors (Lipinski definition) is 5. The molecule has 7 heteroatoms. The molecule has 0 spiro atoms. The van der Waals surface area contributed by atoms with Crippen molar-refractivity contribution in [3.63, 3.8) is 0 Å². The Labute approximate surface area is 156 Å². The fraction of sp³-hybridized carbons (Fsp3) is 0.421. The summed E-state index contributed by atoms with van der Waals surface area (Å²) >= 11 is 6.13. The molecule has 1 aliphatic carbocycles. The van der Waals surface area contributed by atoms with Crippen molar-refractivity contribution in [3.05, 3.63) is 35.5 Å². The van der Waals surface area contributed by atoms with E-state index in [1.165, 1.54) is 25.7 Å². The van der Waals surface area contributed by atoms with Crippen molar-refractivity contribution in [3.8, 4) is 17.5 Å². The fourth-order valence-electron chi connectivity index (χ4n) is 3.67. The smallest absolute Gasteiger partial charge is 0.235 e. The van der Waals surface area contributed by atoms with Crippen LogP contribution in [0.4, 0.5) is 0 Å². The Kier molecular flexibility index (Phi) is 4.56. The van der Waals surface area contributed by atoms with Crippen molar-refractivity contribution in [2.45, 2.75) is 39.2 Å². The van der Waals surface area contributed by atoms with Gasteiger partial charge in [0.1, 0.15) is 17.3 Å². The summed E-state index contributed by atoms with van der Waals surface area (Å²) in [6.07, 6.45) is 8.43. The largest absolute Gasteiger partial charge is 0.327 e. The van der Waals surface area contributed by atoms with Crippen LogP contribution in [-0.2, 0) is 6.54 Å². The van der Waals surface area contributed by atoms with Gasteiger partial charge in [-0.1, -0.05) is 31.4 Å². The molecule has 0 saturated heterocycles. The average molecular weight is 367 g/mol. The second kappa shape index (κ2) is 7.00. The minimum absolute atomic E-state index is 0.0889. The van der Waals surface area contributed by atoms with Gasteiger partial charge in [-0.25, -0.2) is 9.97 Å². The SMILES string of the molecule is C[C@H]1CC[C@H](Cn2cnc3nc(C#N)nc(-c4cc(Cl)ccn4)c32)CC1. The van der Waals surface area contributed by atoms with Crippen molar-refractivity contribution in [2.75, 3.05) is 0 Å². The van der Waals surface area contributed by atoms with E-state index >= 15 is 0 Å². The van der Waals surface area contributed by atoms with E-state index in [1.807, 2.05) is 6.07 Å². The lowest BCUT2D eigenvalue weighted by atomic mass is 9.83. The maximum absolute atomic E-state index is 9.26. The number of aromatic nitrogens is 5. The van der Waals surface area contributed by atoms with Gasteiger partial charge in [-0.05, 0) is 36.8 Å². The van der Waals surface area contributed by atoms with Gasteiger partial charge in [0.2, 0.25) is 5.82 Å². The van der Waals surface area contributed by atoms with Gasteiger partial charge in [0, 0.05) is 17.8 Å². The van der Waals surface area contributed by atoms with E-state index in [0.717, 1.165) is 18.0 Å². The van der Waals surface area contributed by atoms with E-state index in [-0.39, 0.29) is 5.82 Å². The van der Waals surface area contributed by atoms with Gasteiger partial charge in [-0.15, -0.1) is 0 Å². The van der Waals surface area contributed by atoms with E-state index in [4.69, 9.17) is 11.6 Å². The zero-order chi connectivity index (χ0) is 18.1. The first kappa shape index (κ1) is 16.9. The third-order valence-electron chi connectivity index (χ3n) is 5.13. The fourth-order valence-corrected chi connectivity index (χ4v) is 3.83. The highest BCUT2D eigenvalue weighted by atomic mass is 35.5. The van der Waals surface area contributed by atoms with Crippen LogP contribution in [0.2, 0.25) is 5.02 Å². The molecule has 3 heterocycles. The molecule has 0 atom stereocenters. The molecule has 0 radical (unpaired) electrons. The maximum Gasteiger partial charge on any atom is 0.235 e. The third-order valence-corrected chi connectivity index (χ3v) is 5.36. The van der Waals surface area contributed by atoms with Crippen LogP contribution >= 0.6 is 11.6 Å². The molecule has 1 fully saturated rings. The van der Waals surface area contributed by atoms with Gasteiger partial charge in [0.05, 0.1) is 12.0 Å². The number of pyridine rings is 1. The van der Waals surface area contributed by atoms with E-state index < -0.39 is 0 Å². The lowest BCUT2D eigenvalue weighted by Gasteiger charge is -2.26. The molecular formula is C19H19ClN6. The van der Waals surface area contributed by atoms with Crippen LogP contribution in [0, 0.1) is 23.2 Å². The van der Waals surface area contributed by atoms with Crippen LogP contribution in [-0.4, -0.2) is 24.5 Å². The summed E-state index contributed by atoms with van der Waals surface area (Å²) in [6.45, 7) is 3.20. The minimum Gasteiger partial charge on any atom is -0.327 e. The summed E-state index contributed by atoms with van der Waals surface area (Å²) in [6, 6.07) is 5.48. The zero-order valence-corrected chi connectivity index (χ0v) is 15.3. The molecule has 1 saturated carbocycles. The molecule has 3 aromatic heterocycles. The number of rotatable bonds is 3. The van der Waals surface area contributed by atoms with Crippen molar-refractivity contribution >= 4 is 22.8 Å². The molecule has 26 heavy (non-hydrogen) atoms. The molecule has 0 aromatic carbocycles. The van der Waals surface area contributed by atoms with Crippen LogP contribution in [0.5, 0.6) is 0 Å². The monoisotopic (exact) mass is 366 g/mol. The number of fused-ring (bicyclic) bond motifs is 1. The molecule has 0 unspecified atom stereocenters. The summed E-state index contributed by atoms with van der Waals surface area (Å²) in [7, 11) is 0. The third kappa shape index (κ3) is 3.27. The van der Waals surface area contributed by atoms with E-state index in [0.29, 0.717) is 28.0 Å². The highest BCUT2D eigenvalue weighted by Gasteiger charge is 2.22. The summed E-state index contributed by atoms with van der Waals surface area (Å²) in [5.41, 5.74) is 2.58. The number of imidazole rings is 1. The Morgan fingerprint density at radius 1 is 1.23 bits per heavy atom. The number of halogens is 1. The average Bonchev–Trinajstić information content (AvgIpc) is 3.05. The quantitative estimate of drug-likeness (QED) is 0.692. The molecule has 0 N–H and O–H groups in total. The van der Waals surface area contributed by atoms with Crippen LogP contribution in [0.25, 0.3) is 22.6 Å². The van der Waals surface area contributed by atoms with Crippen LogP contribution in [0.1, 0.15) is 38.4 Å². The second-order valence-corrected chi connectivity index (χ2v) is 7.50. The van der Waals surface area contributed by atoms with Gasteiger partial charge in [0.15, 0.2) is 5.65 Å². The molecule has 132 valence electrons. The second-order valence-electron chi connectivity index (χ2n) is 7.06. The van der Waals surface area contributed by atoms with Gasteiger partial charge in [-0.2, -0.15) is 10.2 Å². The topological polar surface area (TPSA) is 80.3 Å². The predicted octanol–water partition coefficient (Wildman–Crippen LogP) is 4.24. The molecule has 0 bridgehead atoms. The van der Waals surface area contributed by atoms with E-state index in [9.17, 15) is 5.26 Å². The van der Waals surface area contributed by atoms with E-state index in [2.05, 4.69) is 31.4 Å². The Hall–Kier alpha value is -2.52. The van der Waals surface area contributed by atoms with Crippen molar-refractivity contribution in [2.24, 2.45) is 11.8 Å². The number of hydrogen-bond donors (Lipinski definition) is 0. The van der Waals surface area contributed by atoms with Crippen molar-refractivity contribution < 1.29 is 0 Å². The van der Waals surface area contributed by atoms with Gasteiger partial charge in [-0.3, -0.25) is 4.98 Å². The Morgan fingerprint density at radius 3 is 2.77 bits per heavy atom. The number of nitrogens with zero attached hydrogens (tertiary/aromatic N) is 6. The Balaban J connectivity index is 1.79. The molecule has 0 amide bonds. The zero-order valence-electron chi connectivity index (χ0n) is 14.6. The number of nitriles is 1. The maximum atomic E-state index is 9.26. The van der Waals surface area contributed by atoms with Crippen LogP contribution in [0.15, 0.2) is 24.7 Å². The molecule has 4 rings (SSSR count). The van der Waals surface area contributed by atoms with Crippen LogP contribution in [0.3, 0.4) is 0 Å². The minimum atomic E-state index is 0.0889. The first-order chi connectivity index (χ1) is 12.6. The summed E-state index contributed by atoms with van der Waals surface area (Å²) in [4.78, 5) is 17.5. The standard InChI is InChI=1S/C19H19ClN6/c1-12-2-4-13(5-3-12)10-26-11-23-19-18(26)17(24-16(9-21)25-19)15-8-14(20)6-7-22-15/h6-8,11-13H,2-5,10H2,1H3/t12-,13-. The van der Waals surface area contributed by atoms with Crippen molar-refractivity contribution in [1.29, 1.82) is 5.26 Å². The Morgan fingerprint density at radius 2 is 2.04 bits per heavy atom. The molecule has 6 nitrogen and oxygen atoms in total. The van der Waals surface area contributed by atoms with Gasteiger partial charge < -0.3 is 4.57 Å². The molecule has 1 aliphatic rings. The van der Waals surface area contributed by atoms with Crippen LogP contribution < -0.4 is 0 Å². The van der Waals surface area contributed by atoms with E-state index in [1.54, 1.807) is 24.7 Å². The summed E-state index contributed by atoms with van der Waals surface area (Å²) in [5.74, 6) is 1.53. The highest BCUT2D eigenvalue weighted by molar-refractivity contribution is 6.30. The molecular weight excluding hydrogens is 348 g/mol. The van der Waals surface area contributed by atoms with Gasteiger partial charge in [0.25, 0.3) is 0 Å². The lowest BCUT2D eigenvalue weighted by Crippen LogP contribution is -2.17. The predicted molar refractivity (Wildman–Crippen MR) is 99.4 cm³/mol. The molecule has 3 aromatic rings. The first-order valence-electron chi connectivity index (χ1n) is 8.89. The lowest BCUT2D eigenvalue weighted by molar-refractivity contribution is 0.266. The first-order valence-corrected chi connectivity index (χ1v) is 9.26. The summed E-state index contributed by atoms with van der Waals surface area (Å²) in [5, 5.41) is 9.84. The molecule has 0 aliphatic heterocycles. The normalized spacial score (nSPS) is 20.2. The summed E-state index contributed by atoms with van der Waals surface area (Å²) < 4.78 is 2.11.